The van der Waals surface area contributed by atoms with Gasteiger partial charge in [0.25, 0.3) is 0 Å². The number of pyridine rings is 1. The Morgan fingerprint density at radius 3 is 2.18 bits per heavy atom. The van der Waals surface area contributed by atoms with Gasteiger partial charge in [0, 0.05) is 50.5 Å². The minimum atomic E-state index is 0. The van der Waals surface area contributed by atoms with E-state index in [4.69, 9.17) is 4.42 Å². The van der Waals surface area contributed by atoms with Gasteiger partial charge in [-0.25, -0.2) is 0 Å². The Bertz CT molecular complexity index is 1980. The van der Waals surface area contributed by atoms with Crippen LogP contribution in [-0.2, 0) is 24.9 Å². The van der Waals surface area contributed by atoms with Crippen molar-refractivity contribution in [1.29, 1.82) is 0 Å². The molecule has 0 aliphatic carbocycles. The first-order valence-corrected chi connectivity index (χ1v) is 15.8. The summed E-state index contributed by atoms with van der Waals surface area (Å²) >= 11 is 0. The van der Waals surface area contributed by atoms with Crippen LogP contribution in [0.1, 0.15) is 58.9 Å². The fourth-order valence-corrected chi connectivity index (χ4v) is 6.16. The molecular formula is C40H42IrNO3-. The van der Waals surface area contributed by atoms with Crippen molar-refractivity contribution in [2.75, 3.05) is 0 Å². The molecule has 0 fully saturated rings. The maximum atomic E-state index is 11.7. The summed E-state index contributed by atoms with van der Waals surface area (Å²) in [6, 6.07) is 30.9. The zero-order valence-corrected chi connectivity index (χ0v) is 29.2. The summed E-state index contributed by atoms with van der Waals surface area (Å²) in [5.41, 5.74) is 5.85. The molecule has 45 heavy (non-hydrogen) atoms. The van der Waals surface area contributed by atoms with Crippen molar-refractivity contribution in [2.24, 2.45) is 11.8 Å². The van der Waals surface area contributed by atoms with Crippen LogP contribution < -0.4 is 4.57 Å². The van der Waals surface area contributed by atoms with Crippen molar-refractivity contribution >= 4 is 49.4 Å². The molecule has 4 nitrogen and oxygen atoms in total. The second-order valence-corrected chi connectivity index (χ2v) is 11.5. The second-order valence-electron chi connectivity index (χ2n) is 11.5. The van der Waals surface area contributed by atoms with Crippen molar-refractivity contribution < 1.29 is 39.0 Å². The van der Waals surface area contributed by atoms with E-state index in [1.165, 1.54) is 22.2 Å². The third-order valence-electron chi connectivity index (χ3n) is 8.82. The van der Waals surface area contributed by atoms with Crippen molar-refractivity contribution in [2.45, 2.75) is 60.3 Å². The second kappa shape index (κ2) is 14.9. The van der Waals surface area contributed by atoms with Crippen molar-refractivity contribution in [1.82, 2.24) is 0 Å². The molecule has 0 atom stereocenters. The summed E-state index contributed by atoms with van der Waals surface area (Å²) in [6.45, 7) is 10.1. The maximum absolute atomic E-state index is 11.7. The number of aliphatic hydroxyl groups excluding tert-OH is 1. The molecule has 0 unspecified atom stereocenters. The topological polar surface area (TPSA) is 54.3 Å². The van der Waals surface area contributed by atoms with E-state index in [0.717, 1.165) is 70.0 Å². The number of hydrogen-bond acceptors (Lipinski definition) is 3. The van der Waals surface area contributed by atoms with Gasteiger partial charge in [-0.2, -0.15) is 0 Å². The molecule has 0 amide bonds. The Labute approximate surface area is 280 Å². The Morgan fingerprint density at radius 2 is 1.49 bits per heavy atom. The third-order valence-corrected chi connectivity index (χ3v) is 8.82. The maximum Gasteiger partial charge on any atom is 0.162 e. The van der Waals surface area contributed by atoms with Crippen LogP contribution >= 0.6 is 0 Å². The van der Waals surface area contributed by atoms with Crippen LogP contribution in [-0.4, -0.2) is 10.9 Å². The molecule has 0 saturated carbocycles. The zero-order chi connectivity index (χ0) is 31.4. The number of aliphatic hydroxyl groups is 1. The number of para-hydroxylation sites is 1. The number of allylic oxidation sites excluding steroid dienone is 2. The van der Waals surface area contributed by atoms with Gasteiger partial charge in [0.15, 0.2) is 5.78 Å². The van der Waals surface area contributed by atoms with Gasteiger partial charge in [-0.1, -0.05) is 94.6 Å². The van der Waals surface area contributed by atoms with Gasteiger partial charge in [-0.15, -0.1) is 17.7 Å². The molecule has 235 valence electrons. The zero-order valence-electron chi connectivity index (χ0n) is 26.8. The molecule has 0 spiro atoms. The van der Waals surface area contributed by atoms with Crippen LogP contribution in [0.5, 0.6) is 0 Å². The molecule has 0 saturated heterocycles. The number of benzene rings is 4. The van der Waals surface area contributed by atoms with Gasteiger partial charge in [-0.05, 0) is 65.6 Å². The van der Waals surface area contributed by atoms with Gasteiger partial charge in [0.1, 0.15) is 16.8 Å². The Hall–Kier alpha value is -3.92. The minimum Gasteiger partial charge on any atom is -0.512 e. The predicted molar refractivity (Wildman–Crippen MR) is 183 cm³/mol. The number of carbonyl (C=O) groups is 1. The number of furan rings is 1. The van der Waals surface area contributed by atoms with E-state index in [-0.39, 0.29) is 43.5 Å². The molecule has 4 aromatic carbocycles. The Balaban J connectivity index is 0.000000249. The summed E-state index contributed by atoms with van der Waals surface area (Å²) in [5, 5.41) is 15.7. The van der Waals surface area contributed by atoms with Crippen LogP contribution in [0.25, 0.3) is 54.9 Å². The minimum absolute atomic E-state index is 0. The first kappa shape index (κ1) is 34.0. The number of carbonyl (C=O) groups excluding carboxylic acids is 1. The quantitative estimate of drug-likeness (QED) is 0.0551. The molecule has 0 aliphatic heterocycles. The first-order chi connectivity index (χ1) is 21.3. The standard InChI is InChI=1S/C27H18NO.C13H24O2.Ir/c1-17-15-22-21-9-5-6-10-26(21)29-27(22)23(16-17)25-14-12-20-19-8-4-3-7-18(19)11-13-24(20)28(25)2;1-5-10(6-2)12(14)9-13(15)11(7-3)8-4;/h3-15H,2H2,1H3;9-11,14H,5-8H2,1-4H3;/q-1;;/b;12-9-;. The SMILES string of the molecule is CCC(CC)C(=O)/C=C(\O)C(CC)CC.[CH2-][n+]1c(-c2[c-]c(C)cc3c2oc2ccccc23)ccc2c3ccccc3ccc21.[Ir]. The van der Waals surface area contributed by atoms with E-state index < -0.39 is 0 Å². The summed E-state index contributed by atoms with van der Waals surface area (Å²) in [4.78, 5) is 11.7. The van der Waals surface area contributed by atoms with Gasteiger partial charge < -0.3 is 14.1 Å². The predicted octanol–water partition coefficient (Wildman–Crippen LogP) is 10.5. The van der Waals surface area contributed by atoms with E-state index in [9.17, 15) is 9.90 Å². The van der Waals surface area contributed by atoms with Crippen molar-refractivity contribution in [3.05, 3.63) is 109 Å². The molecule has 1 radical (unpaired) electrons. The number of nitrogens with zero attached hydrogens (tertiary/aromatic N) is 1. The van der Waals surface area contributed by atoms with Gasteiger partial charge in [-0.3, -0.25) is 4.79 Å². The Morgan fingerprint density at radius 1 is 0.844 bits per heavy atom. The average Bonchev–Trinajstić information content (AvgIpc) is 3.41. The smallest absolute Gasteiger partial charge is 0.162 e. The summed E-state index contributed by atoms with van der Waals surface area (Å²) in [6.07, 6.45) is 4.91. The monoisotopic (exact) mass is 777 g/mol. The number of rotatable bonds is 8. The average molecular weight is 777 g/mol. The molecule has 0 bridgehead atoms. The number of fused-ring (bicyclic) bond motifs is 6. The van der Waals surface area contributed by atoms with E-state index in [2.05, 4.69) is 80.7 Å². The fraction of sp³-hybridized carbons (Fsp3) is 0.275. The molecule has 5 heteroatoms. The molecule has 2 aromatic heterocycles. The van der Waals surface area contributed by atoms with Gasteiger partial charge in [0.05, 0.1) is 11.3 Å². The van der Waals surface area contributed by atoms with Gasteiger partial charge >= 0.3 is 0 Å². The van der Waals surface area contributed by atoms with Crippen LogP contribution in [0.15, 0.2) is 95.1 Å². The van der Waals surface area contributed by atoms with Gasteiger partial charge in [0.2, 0.25) is 0 Å². The Kier molecular flexibility index (Phi) is 11.3. The van der Waals surface area contributed by atoms with E-state index in [1.54, 1.807) is 0 Å². The van der Waals surface area contributed by atoms with Crippen LogP contribution in [0, 0.1) is 31.9 Å². The van der Waals surface area contributed by atoms with Crippen LogP contribution in [0.3, 0.4) is 0 Å². The molecule has 6 rings (SSSR count). The van der Waals surface area contributed by atoms with Crippen LogP contribution in [0.4, 0.5) is 0 Å². The summed E-state index contributed by atoms with van der Waals surface area (Å²) in [7, 11) is 4.38. The fourth-order valence-electron chi connectivity index (χ4n) is 6.16. The van der Waals surface area contributed by atoms with E-state index in [0.29, 0.717) is 0 Å². The van der Waals surface area contributed by atoms with Crippen molar-refractivity contribution in [3.63, 3.8) is 0 Å². The largest absolute Gasteiger partial charge is 0.512 e. The molecule has 0 aliphatic rings. The van der Waals surface area contributed by atoms with E-state index in [1.807, 2.05) is 50.5 Å². The summed E-state index contributed by atoms with van der Waals surface area (Å²) in [5.74, 6) is 0.547. The molecule has 2 heterocycles. The molecule has 1 N–H and O–H groups in total. The van der Waals surface area contributed by atoms with Crippen molar-refractivity contribution in [3.8, 4) is 11.3 Å². The number of aromatic nitrogens is 1. The number of hydrogen-bond donors (Lipinski definition) is 1. The normalized spacial score (nSPS) is 11.8. The van der Waals surface area contributed by atoms with E-state index >= 15 is 0 Å². The third kappa shape index (κ3) is 6.85. The molecular weight excluding hydrogens is 735 g/mol. The molecule has 6 aromatic rings. The summed E-state index contributed by atoms with van der Waals surface area (Å²) < 4.78 is 8.26. The number of aryl methyl sites for hydroxylation is 1. The number of ketones is 1. The first-order valence-electron chi connectivity index (χ1n) is 15.8. The van der Waals surface area contributed by atoms with Crippen LogP contribution in [0.2, 0.25) is 0 Å².